The van der Waals surface area contributed by atoms with Gasteiger partial charge in [-0.2, -0.15) is 0 Å². The Labute approximate surface area is 152 Å². The number of likely N-dealkylation sites (N-methyl/N-ethyl adjacent to an activating group) is 1. The molecule has 2 aliphatic heterocycles. The van der Waals surface area contributed by atoms with Gasteiger partial charge in [0.05, 0.1) is 25.9 Å². The minimum atomic E-state index is -0.0989. The maximum atomic E-state index is 13.2. The molecule has 2 atom stereocenters. The second-order valence-electron chi connectivity index (χ2n) is 6.78. The van der Waals surface area contributed by atoms with Gasteiger partial charge in [-0.3, -0.25) is 4.79 Å². The number of likely N-dealkylation sites (tertiary alicyclic amines) is 1. The molecule has 0 bridgehead atoms. The fourth-order valence-electron chi connectivity index (χ4n) is 3.76. The molecule has 0 spiro atoms. The van der Waals surface area contributed by atoms with Gasteiger partial charge >= 0.3 is 0 Å². The van der Waals surface area contributed by atoms with E-state index in [9.17, 15) is 4.79 Å². The highest BCUT2D eigenvalue weighted by molar-refractivity contribution is 5.98. The van der Waals surface area contributed by atoms with E-state index < -0.39 is 0 Å². The van der Waals surface area contributed by atoms with Crippen molar-refractivity contribution in [2.24, 2.45) is 0 Å². The Morgan fingerprint density at radius 1 is 1.27 bits per heavy atom. The van der Waals surface area contributed by atoms with E-state index in [1.807, 2.05) is 29.2 Å². The van der Waals surface area contributed by atoms with Gasteiger partial charge in [0.25, 0.3) is 5.91 Å². The summed E-state index contributed by atoms with van der Waals surface area (Å²) in [5.41, 5.74) is 1.15. The lowest BCUT2D eigenvalue weighted by Crippen LogP contribution is -2.60. The first-order valence-electron chi connectivity index (χ1n) is 8.86. The Kier molecular flexibility index (Phi) is 4.65. The van der Waals surface area contributed by atoms with Gasteiger partial charge in [-0.25, -0.2) is 4.98 Å². The van der Waals surface area contributed by atoms with E-state index in [1.165, 1.54) is 6.39 Å². The molecule has 1 amide bonds. The lowest BCUT2D eigenvalue weighted by molar-refractivity contribution is -0.0870. The first kappa shape index (κ1) is 17.1. The lowest BCUT2D eigenvalue weighted by Gasteiger charge is -2.46. The third kappa shape index (κ3) is 3.08. The number of carbonyl (C=O) groups excluding carboxylic acids is 1. The molecule has 3 heterocycles. The van der Waals surface area contributed by atoms with Crippen LogP contribution in [0.25, 0.3) is 11.3 Å². The predicted octanol–water partition coefficient (Wildman–Crippen LogP) is 1.90. The Morgan fingerprint density at radius 3 is 2.85 bits per heavy atom. The monoisotopic (exact) mass is 357 g/mol. The molecule has 2 fully saturated rings. The molecular formula is C19H23N3O4. The van der Waals surface area contributed by atoms with Crippen LogP contribution in [-0.2, 0) is 4.74 Å². The minimum Gasteiger partial charge on any atom is -0.497 e. The van der Waals surface area contributed by atoms with E-state index in [4.69, 9.17) is 13.9 Å². The summed E-state index contributed by atoms with van der Waals surface area (Å²) in [5.74, 6) is 1.14. The van der Waals surface area contributed by atoms with Gasteiger partial charge in [0.1, 0.15) is 5.75 Å². The van der Waals surface area contributed by atoms with Gasteiger partial charge < -0.3 is 23.7 Å². The predicted molar refractivity (Wildman–Crippen MR) is 95.2 cm³/mol. The first-order valence-corrected chi connectivity index (χ1v) is 8.86. The number of fused-ring (bicyclic) bond motifs is 1. The maximum absolute atomic E-state index is 13.2. The molecule has 0 radical (unpaired) electrons. The fraction of sp³-hybridized carbons (Fsp3) is 0.474. The molecule has 1 aromatic carbocycles. The third-order valence-electron chi connectivity index (χ3n) is 5.17. The molecule has 1 aromatic heterocycles. The van der Waals surface area contributed by atoms with Crippen LogP contribution in [0.3, 0.4) is 0 Å². The zero-order valence-corrected chi connectivity index (χ0v) is 15.1. The van der Waals surface area contributed by atoms with E-state index in [1.54, 1.807) is 7.11 Å². The molecular weight excluding hydrogens is 334 g/mol. The van der Waals surface area contributed by atoms with Gasteiger partial charge in [-0.05, 0) is 37.7 Å². The molecule has 26 heavy (non-hydrogen) atoms. The fourth-order valence-corrected chi connectivity index (χ4v) is 3.76. The van der Waals surface area contributed by atoms with Crippen molar-refractivity contribution in [2.75, 3.05) is 40.4 Å². The van der Waals surface area contributed by atoms with Crippen LogP contribution in [0.1, 0.15) is 16.9 Å². The SMILES string of the molecule is COc1ccc(-c2ocnc2C(=O)N2CCO[C@H]3CCN(C)C[C@H]32)cc1. The van der Waals surface area contributed by atoms with Gasteiger partial charge in [0.15, 0.2) is 17.8 Å². The molecule has 0 saturated carbocycles. The topological polar surface area (TPSA) is 68.0 Å². The van der Waals surface area contributed by atoms with Crippen LogP contribution in [0, 0.1) is 0 Å². The van der Waals surface area contributed by atoms with Crippen molar-refractivity contribution >= 4 is 5.91 Å². The Morgan fingerprint density at radius 2 is 2.08 bits per heavy atom. The zero-order chi connectivity index (χ0) is 18.1. The smallest absolute Gasteiger partial charge is 0.276 e. The zero-order valence-electron chi connectivity index (χ0n) is 15.1. The highest BCUT2D eigenvalue weighted by Crippen LogP contribution is 2.29. The standard InChI is InChI=1S/C19H23N3O4/c1-21-8-7-16-15(11-21)22(9-10-25-16)19(23)17-18(26-12-20-17)13-3-5-14(24-2)6-4-13/h3-6,12,15-16H,7-11H2,1-2H3/t15-,16+/m1/s1. The number of ether oxygens (including phenoxy) is 2. The Bertz CT molecular complexity index is 773. The van der Waals surface area contributed by atoms with Gasteiger partial charge in [0.2, 0.25) is 0 Å². The van der Waals surface area contributed by atoms with Crippen LogP contribution >= 0.6 is 0 Å². The summed E-state index contributed by atoms with van der Waals surface area (Å²) in [6, 6.07) is 7.47. The summed E-state index contributed by atoms with van der Waals surface area (Å²) >= 11 is 0. The number of amides is 1. The minimum absolute atomic E-state index is 0.0513. The summed E-state index contributed by atoms with van der Waals surface area (Å²) in [5, 5.41) is 0. The molecule has 7 heteroatoms. The van der Waals surface area contributed by atoms with E-state index >= 15 is 0 Å². The Balaban J connectivity index is 1.61. The van der Waals surface area contributed by atoms with E-state index in [0.29, 0.717) is 24.6 Å². The van der Waals surface area contributed by atoms with Gasteiger partial charge in [0, 0.05) is 25.2 Å². The van der Waals surface area contributed by atoms with Crippen molar-refractivity contribution in [1.82, 2.24) is 14.8 Å². The number of piperidine rings is 1. The van der Waals surface area contributed by atoms with E-state index in [0.717, 1.165) is 30.8 Å². The summed E-state index contributed by atoms with van der Waals surface area (Å²) < 4.78 is 16.6. The molecule has 7 nitrogen and oxygen atoms in total. The molecule has 0 aliphatic carbocycles. The normalized spacial score (nSPS) is 23.5. The van der Waals surface area contributed by atoms with Crippen LogP contribution in [0.5, 0.6) is 5.75 Å². The number of oxazole rings is 1. The molecule has 4 rings (SSSR count). The van der Waals surface area contributed by atoms with E-state index in [-0.39, 0.29) is 18.1 Å². The molecule has 2 aliphatic rings. The Hall–Kier alpha value is -2.38. The molecule has 0 unspecified atom stereocenters. The summed E-state index contributed by atoms with van der Waals surface area (Å²) in [6.07, 6.45) is 2.37. The number of hydrogen-bond acceptors (Lipinski definition) is 6. The number of methoxy groups -OCH3 is 1. The number of morpholine rings is 1. The molecule has 138 valence electrons. The summed E-state index contributed by atoms with van der Waals surface area (Å²) in [7, 11) is 3.70. The van der Waals surface area contributed by atoms with Crippen molar-refractivity contribution in [1.29, 1.82) is 0 Å². The summed E-state index contributed by atoms with van der Waals surface area (Å²) in [4.78, 5) is 21.6. The number of rotatable bonds is 3. The van der Waals surface area contributed by atoms with Crippen molar-refractivity contribution in [3.63, 3.8) is 0 Å². The quantitative estimate of drug-likeness (QED) is 0.836. The second-order valence-corrected chi connectivity index (χ2v) is 6.78. The van der Waals surface area contributed by atoms with E-state index in [2.05, 4.69) is 16.9 Å². The van der Waals surface area contributed by atoms with Crippen molar-refractivity contribution in [3.05, 3.63) is 36.4 Å². The van der Waals surface area contributed by atoms with Gasteiger partial charge in [-0.15, -0.1) is 0 Å². The number of carbonyl (C=O) groups is 1. The van der Waals surface area contributed by atoms with Crippen molar-refractivity contribution < 1.29 is 18.7 Å². The van der Waals surface area contributed by atoms with Crippen LogP contribution in [0.2, 0.25) is 0 Å². The van der Waals surface area contributed by atoms with Gasteiger partial charge in [-0.1, -0.05) is 0 Å². The molecule has 0 N–H and O–H groups in total. The number of aromatic nitrogens is 1. The number of nitrogens with zero attached hydrogens (tertiary/aromatic N) is 3. The highest BCUT2D eigenvalue weighted by Gasteiger charge is 2.40. The maximum Gasteiger partial charge on any atom is 0.276 e. The lowest BCUT2D eigenvalue weighted by atomic mass is 9.98. The second kappa shape index (κ2) is 7.09. The number of hydrogen-bond donors (Lipinski definition) is 0. The molecule has 2 saturated heterocycles. The summed E-state index contributed by atoms with van der Waals surface area (Å²) in [6.45, 7) is 2.94. The first-order chi connectivity index (χ1) is 12.7. The largest absolute Gasteiger partial charge is 0.497 e. The van der Waals surface area contributed by atoms with Crippen LogP contribution in [0.15, 0.2) is 35.1 Å². The third-order valence-corrected chi connectivity index (χ3v) is 5.17. The van der Waals surface area contributed by atoms with Crippen LogP contribution < -0.4 is 4.74 Å². The van der Waals surface area contributed by atoms with Crippen LogP contribution in [-0.4, -0.2) is 73.2 Å². The highest BCUT2D eigenvalue weighted by atomic mass is 16.5. The average molecular weight is 357 g/mol. The van der Waals surface area contributed by atoms with Crippen LogP contribution in [0.4, 0.5) is 0 Å². The molecule has 2 aromatic rings. The number of benzene rings is 1. The average Bonchev–Trinajstić information content (AvgIpc) is 3.17. The van der Waals surface area contributed by atoms with Crippen molar-refractivity contribution in [3.8, 4) is 17.1 Å². The van der Waals surface area contributed by atoms with Crippen molar-refractivity contribution in [2.45, 2.75) is 18.6 Å².